The summed E-state index contributed by atoms with van der Waals surface area (Å²) in [5.74, 6) is -1.76. The Balaban J connectivity index is 3.56. The van der Waals surface area contributed by atoms with E-state index in [2.05, 4.69) is 13.8 Å². The first-order chi connectivity index (χ1) is 15.1. The van der Waals surface area contributed by atoms with Gasteiger partial charge in [-0.1, -0.05) is 97.3 Å². The number of unbranched alkanes of at least 4 members (excludes halogenated alkanes) is 12. The Labute approximate surface area is 191 Å². The van der Waals surface area contributed by atoms with Crippen molar-refractivity contribution < 1.29 is 24.2 Å². The second-order valence-electron chi connectivity index (χ2n) is 8.51. The number of carboxylic acids is 1. The second-order valence-corrected chi connectivity index (χ2v) is 8.51. The van der Waals surface area contributed by atoms with Gasteiger partial charge in [-0.2, -0.15) is 0 Å². The molecule has 0 bridgehead atoms. The normalized spacial score (nSPS) is 12.3. The van der Waals surface area contributed by atoms with E-state index >= 15 is 0 Å². The summed E-state index contributed by atoms with van der Waals surface area (Å²) in [5.41, 5.74) is 0. The maximum Gasteiger partial charge on any atom is 0.331 e. The molecule has 0 aliphatic rings. The highest BCUT2D eigenvalue weighted by Crippen LogP contribution is 2.16. The van der Waals surface area contributed by atoms with Gasteiger partial charge in [-0.15, -0.1) is 0 Å². The van der Waals surface area contributed by atoms with Gasteiger partial charge >= 0.3 is 11.9 Å². The van der Waals surface area contributed by atoms with E-state index in [1.54, 1.807) is 0 Å². The highest BCUT2D eigenvalue weighted by Gasteiger charge is 2.08. The molecule has 5 heteroatoms. The molecule has 0 aliphatic heterocycles. The van der Waals surface area contributed by atoms with Gasteiger partial charge < -0.3 is 14.6 Å². The van der Waals surface area contributed by atoms with E-state index in [9.17, 15) is 9.59 Å². The fourth-order valence-corrected chi connectivity index (χ4v) is 3.66. The minimum atomic E-state index is -1.15. The van der Waals surface area contributed by atoms with Gasteiger partial charge in [0.15, 0.2) is 0 Å². The lowest BCUT2D eigenvalue weighted by molar-refractivity contribution is -0.139. The van der Waals surface area contributed by atoms with Crippen molar-refractivity contribution in [1.82, 2.24) is 0 Å². The Bertz CT molecular complexity index is 447. The van der Waals surface area contributed by atoms with Crippen LogP contribution in [0.1, 0.15) is 123 Å². The number of carbonyl (C=O) groups excluding carboxylic acids is 1. The molecule has 182 valence electrons. The fourth-order valence-electron chi connectivity index (χ4n) is 3.66. The molecule has 0 aromatic rings. The maximum absolute atomic E-state index is 11.3. The molecule has 0 saturated heterocycles. The summed E-state index contributed by atoms with van der Waals surface area (Å²) < 4.78 is 11.0. The van der Waals surface area contributed by atoms with E-state index in [0.29, 0.717) is 19.3 Å². The van der Waals surface area contributed by atoms with E-state index < -0.39 is 11.9 Å². The quantitative estimate of drug-likeness (QED) is 0.103. The first kappa shape index (κ1) is 29.6. The third-order valence-corrected chi connectivity index (χ3v) is 5.49. The molecule has 1 N–H and O–H groups in total. The lowest BCUT2D eigenvalue weighted by Crippen LogP contribution is -2.14. The smallest absolute Gasteiger partial charge is 0.331 e. The van der Waals surface area contributed by atoms with Crippen LogP contribution in [0.2, 0.25) is 0 Å². The zero-order chi connectivity index (χ0) is 23.0. The molecule has 1 unspecified atom stereocenters. The summed E-state index contributed by atoms with van der Waals surface area (Å²) >= 11 is 0. The van der Waals surface area contributed by atoms with Crippen molar-refractivity contribution in [3.8, 4) is 0 Å². The van der Waals surface area contributed by atoms with Crippen molar-refractivity contribution in [2.75, 3.05) is 13.2 Å². The standard InChI is InChI=1S/C26H48O5/c1-3-5-6-7-8-9-10-11-12-13-14-15-19-24(18-4-2)30-22-16-17-23-31-26(29)21-20-25(27)28/h20-21,24H,3-19,22-23H2,1-2H3,(H,27,28)/b21-20-. The summed E-state index contributed by atoms with van der Waals surface area (Å²) in [6.07, 6.45) is 23.5. The molecular formula is C26H48O5. The molecule has 0 saturated carbocycles. The van der Waals surface area contributed by atoms with Crippen LogP contribution in [0.5, 0.6) is 0 Å². The monoisotopic (exact) mass is 440 g/mol. The van der Waals surface area contributed by atoms with Crippen LogP contribution in [0.25, 0.3) is 0 Å². The maximum atomic E-state index is 11.3. The molecule has 31 heavy (non-hydrogen) atoms. The Hall–Kier alpha value is -1.36. The largest absolute Gasteiger partial charge is 0.478 e. The number of carbonyl (C=O) groups is 2. The van der Waals surface area contributed by atoms with E-state index in [0.717, 1.165) is 44.3 Å². The van der Waals surface area contributed by atoms with Gasteiger partial charge in [-0.05, 0) is 25.7 Å². The molecular weight excluding hydrogens is 392 g/mol. The molecule has 0 heterocycles. The van der Waals surface area contributed by atoms with Crippen LogP contribution in [0.4, 0.5) is 0 Å². The number of hydrogen-bond donors (Lipinski definition) is 1. The first-order valence-corrected chi connectivity index (χ1v) is 12.8. The van der Waals surface area contributed by atoms with Crippen LogP contribution in [0.3, 0.4) is 0 Å². The Morgan fingerprint density at radius 3 is 1.77 bits per heavy atom. The average Bonchev–Trinajstić information content (AvgIpc) is 2.75. The average molecular weight is 441 g/mol. The van der Waals surface area contributed by atoms with Crippen molar-refractivity contribution in [1.29, 1.82) is 0 Å². The SMILES string of the molecule is CCCCCCCCCCCCCCC(CCC)OCCCCOC(=O)/C=C\C(=O)O. The van der Waals surface area contributed by atoms with E-state index in [4.69, 9.17) is 14.6 Å². The lowest BCUT2D eigenvalue weighted by Gasteiger charge is -2.17. The predicted molar refractivity (Wildman–Crippen MR) is 127 cm³/mol. The third-order valence-electron chi connectivity index (χ3n) is 5.49. The minimum absolute atomic E-state index is 0.295. The molecule has 0 aromatic carbocycles. The third kappa shape index (κ3) is 23.1. The van der Waals surface area contributed by atoms with Crippen molar-refractivity contribution in [2.24, 2.45) is 0 Å². The van der Waals surface area contributed by atoms with Crippen molar-refractivity contribution in [2.45, 2.75) is 129 Å². The van der Waals surface area contributed by atoms with Gasteiger partial charge in [0.05, 0.1) is 12.7 Å². The molecule has 0 rings (SSSR count). The molecule has 0 fully saturated rings. The summed E-state index contributed by atoms with van der Waals surface area (Å²) in [6, 6.07) is 0. The molecule has 0 aliphatic carbocycles. The van der Waals surface area contributed by atoms with Gasteiger partial charge in [0.25, 0.3) is 0 Å². The van der Waals surface area contributed by atoms with Crippen LogP contribution >= 0.6 is 0 Å². The number of rotatable bonds is 23. The highest BCUT2D eigenvalue weighted by atomic mass is 16.5. The lowest BCUT2D eigenvalue weighted by atomic mass is 10.0. The van der Waals surface area contributed by atoms with Gasteiger partial charge in [-0.25, -0.2) is 9.59 Å². The Kier molecular flexibility index (Phi) is 22.3. The van der Waals surface area contributed by atoms with Gasteiger partial charge in [0, 0.05) is 18.8 Å². The van der Waals surface area contributed by atoms with Crippen molar-refractivity contribution in [3.63, 3.8) is 0 Å². The van der Waals surface area contributed by atoms with Crippen molar-refractivity contribution >= 4 is 11.9 Å². The molecule has 5 nitrogen and oxygen atoms in total. The highest BCUT2D eigenvalue weighted by molar-refractivity contribution is 5.90. The summed E-state index contributed by atoms with van der Waals surface area (Å²) in [7, 11) is 0. The zero-order valence-electron chi connectivity index (χ0n) is 20.2. The molecule has 0 spiro atoms. The predicted octanol–water partition coefficient (Wildman–Crippen LogP) is 7.23. The number of hydrogen-bond acceptors (Lipinski definition) is 4. The fraction of sp³-hybridized carbons (Fsp3) is 0.846. The minimum Gasteiger partial charge on any atom is -0.478 e. The number of aliphatic carboxylic acids is 1. The van der Waals surface area contributed by atoms with Crippen LogP contribution in [0, 0.1) is 0 Å². The van der Waals surface area contributed by atoms with Crippen LogP contribution < -0.4 is 0 Å². The second kappa shape index (κ2) is 23.3. The molecule has 0 radical (unpaired) electrons. The summed E-state index contributed by atoms with van der Waals surface area (Å²) in [4.78, 5) is 21.6. The molecule has 0 aromatic heterocycles. The van der Waals surface area contributed by atoms with Crippen LogP contribution in [-0.4, -0.2) is 36.4 Å². The zero-order valence-corrected chi connectivity index (χ0v) is 20.2. The number of ether oxygens (including phenoxy) is 2. The topological polar surface area (TPSA) is 72.8 Å². The van der Waals surface area contributed by atoms with E-state index in [-0.39, 0.29) is 0 Å². The van der Waals surface area contributed by atoms with Crippen molar-refractivity contribution in [3.05, 3.63) is 12.2 Å². The first-order valence-electron chi connectivity index (χ1n) is 12.8. The Morgan fingerprint density at radius 1 is 0.677 bits per heavy atom. The molecule has 1 atom stereocenters. The number of carboxylic acid groups (broad SMARTS) is 1. The summed E-state index contributed by atoms with van der Waals surface area (Å²) in [5, 5.41) is 8.45. The summed E-state index contributed by atoms with van der Waals surface area (Å²) in [6.45, 7) is 5.45. The van der Waals surface area contributed by atoms with Crippen LogP contribution in [0.15, 0.2) is 12.2 Å². The Morgan fingerprint density at radius 2 is 1.23 bits per heavy atom. The van der Waals surface area contributed by atoms with E-state index in [1.807, 2.05) is 0 Å². The van der Waals surface area contributed by atoms with Gasteiger partial charge in [0.1, 0.15) is 0 Å². The van der Waals surface area contributed by atoms with Gasteiger partial charge in [-0.3, -0.25) is 0 Å². The van der Waals surface area contributed by atoms with Crippen LogP contribution in [-0.2, 0) is 19.1 Å². The van der Waals surface area contributed by atoms with Gasteiger partial charge in [0.2, 0.25) is 0 Å². The molecule has 0 amide bonds. The number of esters is 1. The van der Waals surface area contributed by atoms with E-state index in [1.165, 1.54) is 77.0 Å².